The number of anilines is 1. The van der Waals surface area contributed by atoms with Gasteiger partial charge in [-0.2, -0.15) is 0 Å². The van der Waals surface area contributed by atoms with Crippen molar-refractivity contribution in [2.24, 2.45) is 11.8 Å². The summed E-state index contributed by atoms with van der Waals surface area (Å²) in [6.07, 6.45) is 7.87. The Kier molecular flexibility index (Phi) is 6.66. The summed E-state index contributed by atoms with van der Waals surface area (Å²) < 4.78 is 6.89. The fourth-order valence-corrected chi connectivity index (χ4v) is 7.34. The Balaban J connectivity index is 1.52. The van der Waals surface area contributed by atoms with Gasteiger partial charge in [0.1, 0.15) is 11.6 Å². The zero-order chi connectivity index (χ0) is 29.1. The summed E-state index contributed by atoms with van der Waals surface area (Å²) in [5, 5.41) is 10.7. The van der Waals surface area contributed by atoms with E-state index in [1.165, 1.54) is 4.90 Å². The van der Waals surface area contributed by atoms with Crippen LogP contribution in [0.2, 0.25) is 0 Å². The number of aryl methyl sites for hydroxylation is 2. The summed E-state index contributed by atoms with van der Waals surface area (Å²) in [7, 11) is 1.72. The molecule has 1 spiro atoms. The fourth-order valence-electron chi connectivity index (χ4n) is 7.34. The number of amides is 3. The third-order valence-electron chi connectivity index (χ3n) is 9.27. The standard InChI is InChI=1S/C33H37N3O5/c1-21-12-13-22(2)25(18-21)35-17-9-15-33-27(26-29(38)34(4)16-8-14-32(26,3)41-33)30(39)36(28(33)31(35)40)24(20-37)19-23-10-6-5-7-11-23/h5-15,18,24,26-28,37H,16-17,19-20H2,1-4H3/t24-,26+,27+,28?,32-,33+/m1/s1. The van der Waals surface area contributed by atoms with E-state index in [1.807, 2.05) is 93.6 Å². The van der Waals surface area contributed by atoms with Crippen LogP contribution in [0.4, 0.5) is 5.69 Å². The molecule has 0 bridgehead atoms. The quantitative estimate of drug-likeness (QED) is 0.574. The molecular formula is C33H37N3O5. The minimum Gasteiger partial charge on any atom is -0.394 e. The van der Waals surface area contributed by atoms with Crippen LogP contribution in [0.3, 0.4) is 0 Å². The average Bonchev–Trinajstić information content (AvgIpc) is 3.24. The molecule has 0 aromatic heterocycles. The molecular weight excluding hydrogens is 518 g/mol. The number of rotatable bonds is 5. The molecule has 4 heterocycles. The molecule has 6 atom stereocenters. The zero-order valence-corrected chi connectivity index (χ0v) is 24.0. The fraction of sp³-hybridized carbons (Fsp3) is 0.424. The van der Waals surface area contributed by atoms with Gasteiger partial charge in [0.15, 0.2) is 0 Å². The second kappa shape index (κ2) is 9.96. The largest absolute Gasteiger partial charge is 0.394 e. The van der Waals surface area contributed by atoms with Crippen LogP contribution in [0, 0.1) is 25.7 Å². The number of likely N-dealkylation sites (tertiary alicyclic amines) is 1. The van der Waals surface area contributed by atoms with Crippen molar-refractivity contribution in [2.75, 3.05) is 31.6 Å². The lowest BCUT2D eigenvalue weighted by atomic mass is 9.74. The van der Waals surface area contributed by atoms with Crippen LogP contribution < -0.4 is 4.90 Å². The van der Waals surface area contributed by atoms with Gasteiger partial charge in [-0.05, 0) is 49.9 Å². The van der Waals surface area contributed by atoms with Crippen LogP contribution in [0.15, 0.2) is 72.8 Å². The van der Waals surface area contributed by atoms with Crippen LogP contribution >= 0.6 is 0 Å². The first-order valence-electron chi connectivity index (χ1n) is 14.3. The molecule has 8 nitrogen and oxygen atoms in total. The Morgan fingerprint density at radius 1 is 0.951 bits per heavy atom. The lowest BCUT2D eigenvalue weighted by Gasteiger charge is -2.40. The molecule has 6 rings (SSSR count). The summed E-state index contributed by atoms with van der Waals surface area (Å²) in [6, 6.07) is 13.8. The molecule has 4 aliphatic rings. The highest BCUT2D eigenvalue weighted by molar-refractivity contribution is 6.06. The van der Waals surface area contributed by atoms with Crippen molar-refractivity contribution in [3.05, 3.63) is 89.5 Å². The monoisotopic (exact) mass is 555 g/mol. The molecule has 4 aliphatic heterocycles. The highest BCUT2D eigenvalue weighted by atomic mass is 16.5. The summed E-state index contributed by atoms with van der Waals surface area (Å²) >= 11 is 0. The highest BCUT2D eigenvalue weighted by Crippen LogP contribution is 2.58. The highest BCUT2D eigenvalue weighted by Gasteiger charge is 2.75. The van der Waals surface area contributed by atoms with Gasteiger partial charge < -0.3 is 24.5 Å². The predicted octanol–water partition coefficient (Wildman–Crippen LogP) is 2.81. The first-order valence-corrected chi connectivity index (χ1v) is 14.3. The molecule has 41 heavy (non-hydrogen) atoms. The van der Waals surface area contributed by atoms with Gasteiger partial charge >= 0.3 is 0 Å². The van der Waals surface area contributed by atoms with Gasteiger partial charge in [0.25, 0.3) is 5.91 Å². The van der Waals surface area contributed by atoms with E-state index < -0.39 is 35.1 Å². The summed E-state index contributed by atoms with van der Waals surface area (Å²) in [5.74, 6) is -2.54. The molecule has 214 valence electrons. The first-order chi connectivity index (χ1) is 19.6. The number of fused-ring (bicyclic) bond motifs is 2. The Bertz CT molecular complexity index is 1450. The van der Waals surface area contributed by atoms with Crippen LogP contribution in [0.25, 0.3) is 0 Å². The molecule has 8 heteroatoms. The molecule has 0 radical (unpaired) electrons. The van der Waals surface area contributed by atoms with Gasteiger partial charge in [0, 0.05) is 25.8 Å². The van der Waals surface area contributed by atoms with Gasteiger partial charge in [-0.1, -0.05) is 66.8 Å². The Labute approximate surface area is 240 Å². The molecule has 2 fully saturated rings. The molecule has 2 saturated heterocycles. The minimum atomic E-state index is -1.37. The third kappa shape index (κ3) is 4.15. The summed E-state index contributed by atoms with van der Waals surface area (Å²) in [6.45, 7) is 6.16. The van der Waals surface area contributed by atoms with E-state index in [0.29, 0.717) is 19.5 Å². The molecule has 2 aromatic rings. The van der Waals surface area contributed by atoms with Crippen LogP contribution in [0.1, 0.15) is 23.6 Å². The van der Waals surface area contributed by atoms with Crippen LogP contribution in [-0.2, 0) is 25.5 Å². The normalized spacial score (nSPS) is 31.6. The van der Waals surface area contributed by atoms with Crippen molar-refractivity contribution < 1.29 is 24.2 Å². The van der Waals surface area contributed by atoms with Crippen LogP contribution in [0.5, 0.6) is 0 Å². The number of aliphatic hydroxyl groups is 1. The van der Waals surface area contributed by atoms with E-state index in [0.717, 1.165) is 22.4 Å². The van der Waals surface area contributed by atoms with Gasteiger partial charge in [0.2, 0.25) is 11.8 Å². The topological polar surface area (TPSA) is 90.4 Å². The number of likely N-dealkylation sites (N-methyl/N-ethyl adjacent to an activating group) is 1. The minimum absolute atomic E-state index is 0.187. The van der Waals surface area contributed by atoms with Crippen molar-refractivity contribution >= 4 is 23.4 Å². The smallest absolute Gasteiger partial charge is 0.253 e. The van der Waals surface area contributed by atoms with Crippen LogP contribution in [-0.4, -0.2) is 82.7 Å². The van der Waals surface area contributed by atoms with E-state index in [1.54, 1.807) is 16.8 Å². The molecule has 3 amide bonds. The maximum Gasteiger partial charge on any atom is 0.253 e. The van der Waals surface area contributed by atoms with Gasteiger partial charge in [0.05, 0.1) is 30.1 Å². The lowest BCUT2D eigenvalue weighted by Crippen LogP contribution is -2.59. The lowest BCUT2D eigenvalue weighted by molar-refractivity contribution is -0.150. The molecule has 1 unspecified atom stereocenters. The third-order valence-corrected chi connectivity index (χ3v) is 9.27. The first kappa shape index (κ1) is 27.4. The second-order valence-corrected chi connectivity index (χ2v) is 12.0. The second-order valence-electron chi connectivity index (χ2n) is 12.0. The van der Waals surface area contributed by atoms with Crippen molar-refractivity contribution in [3.63, 3.8) is 0 Å². The molecule has 1 N–H and O–H groups in total. The molecule has 0 saturated carbocycles. The van der Waals surface area contributed by atoms with E-state index in [9.17, 15) is 19.5 Å². The Morgan fingerprint density at radius 2 is 1.68 bits per heavy atom. The Hall–Kier alpha value is -3.75. The van der Waals surface area contributed by atoms with Gasteiger partial charge in [-0.3, -0.25) is 14.4 Å². The zero-order valence-electron chi connectivity index (χ0n) is 24.0. The molecule has 2 aromatic carbocycles. The summed E-state index contributed by atoms with van der Waals surface area (Å²) in [4.78, 5) is 48.1. The number of hydrogen-bond acceptors (Lipinski definition) is 5. The number of benzene rings is 2. The number of carbonyl (C=O) groups is 3. The van der Waals surface area contributed by atoms with E-state index >= 15 is 0 Å². The number of ether oxygens (including phenoxy) is 1. The van der Waals surface area contributed by atoms with Crippen molar-refractivity contribution in [1.82, 2.24) is 9.80 Å². The predicted molar refractivity (Wildman–Crippen MR) is 155 cm³/mol. The van der Waals surface area contributed by atoms with Gasteiger partial charge in [-0.15, -0.1) is 0 Å². The van der Waals surface area contributed by atoms with E-state index in [2.05, 4.69) is 0 Å². The molecule has 0 aliphatic carbocycles. The number of aliphatic hydroxyl groups excluding tert-OH is 1. The van der Waals surface area contributed by atoms with Crippen molar-refractivity contribution in [2.45, 2.75) is 50.5 Å². The number of nitrogens with zero attached hydrogens (tertiary/aromatic N) is 3. The van der Waals surface area contributed by atoms with E-state index in [-0.39, 0.29) is 24.3 Å². The maximum atomic E-state index is 14.8. The van der Waals surface area contributed by atoms with E-state index in [4.69, 9.17) is 4.74 Å². The number of hydrogen-bond donors (Lipinski definition) is 1. The summed E-state index contributed by atoms with van der Waals surface area (Å²) in [5.41, 5.74) is 1.22. The van der Waals surface area contributed by atoms with Crippen molar-refractivity contribution in [1.29, 1.82) is 0 Å². The van der Waals surface area contributed by atoms with Crippen molar-refractivity contribution in [3.8, 4) is 0 Å². The average molecular weight is 556 g/mol. The Morgan fingerprint density at radius 3 is 2.41 bits per heavy atom. The number of carbonyl (C=O) groups excluding carboxylic acids is 3. The van der Waals surface area contributed by atoms with Gasteiger partial charge in [-0.25, -0.2) is 0 Å². The maximum absolute atomic E-state index is 14.8. The SMILES string of the molecule is Cc1ccc(C)c(N2CC=C[C@]34O[C@]5(C)C=CCN(C)C(=O)[C@@H]5[C@H]3C(=O)N([C@@H](CO)Cc3ccccc3)C4C2=O)c1.